The molecular formula is C15H22K2N2O17P2. The first-order valence-corrected chi connectivity index (χ1v) is 13.0. The third-order valence-electron chi connectivity index (χ3n) is 5.39. The van der Waals surface area contributed by atoms with Crippen LogP contribution in [-0.4, -0.2) is 106 Å². The molecule has 19 nitrogen and oxygen atoms in total. The molecule has 2 aliphatic rings. The molecule has 0 amide bonds. The molecule has 0 radical (unpaired) electrons. The van der Waals surface area contributed by atoms with Crippen LogP contribution < -0.4 is 124 Å². The molecule has 0 saturated carbocycles. The number of H-pyrrole nitrogens is 1. The molecule has 2 unspecified atom stereocenters. The number of hydrogen-bond acceptors (Lipinski definition) is 14. The molecule has 2 aliphatic heterocycles. The Hall–Kier alpha value is 1.89. The number of nitrogens with zero attached hydrogens (tertiary/aromatic N) is 1. The number of phosphoric ester groups is 1. The van der Waals surface area contributed by atoms with Gasteiger partial charge < -0.3 is 54.8 Å². The molecule has 2 saturated heterocycles. The molecule has 2 fully saturated rings. The normalized spacial score (nSPS) is 36.0. The van der Waals surface area contributed by atoms with Crippen molar-refractivity contribution in [3.8, 4) is 0 Å². The average molecular weight is 642 g/mol. The first kappa shape index (κ1) is 37.9. The van der Waals surface area contributed by atoms with Crippen LogP contribution in [0.5, 0.6) is 0 Å². The van der Waals surface area contributed by atoms with Crippen LogP contribution in [0.2, 0.25) is 0 Å². The van der Waals surface area contributed by atoms with Crippen molar-refractivity contribution in [2.24, 2.45) is 0 Å². The minimum atomic E-state index is -5.83. The van der Waals surface area contributed by atoms with Gasteiger partial charge in [0.25, 0.3) is 5.56 Å². The fraction of sp³-hybridized carbons (Fsp3) is 0.733. The molecule has 38 heavy (non-hydrogen) atoms. The van der Waals surface area contributed by atoms with Crippen molar-refractivity contribution >= 4 is 15.6 Å². The number of aliphatic hydroxyl groups excluding tert-OH is 4. The van der Waals surface area contributed by atoms with E-state index in [0.29, 0.717) is 4.57 Å². The summed E-state index contributed by atoms with van der Waals surface area (Å²) in [5.74, 6) is 0. The Morgan fingerprint density at radius 3 is 2.13 bits per heavy atom. The van der Waals surface area contributed by atoms with Gasteiger partial charge in [0, 0.05) is 12.3 Å². The van der Waals surface area contributed by atoms with E-state index < -0.39 is 94.7 Å². The first-order chi connectivity index (χ1) is 16.6. The monoisotopic (exact) mass is 642 g/mol. The second kappa shape index (κ2) is 15.1. The van der Waals surface area contributed by atoms with Crippen LogP contribution in [0.15, 0.2) is 21.9 Å². The molecule has 3 heterocycles. The number of aromatic amines is 1. The Kier molecular flexibility index (Phi) is 15.0. The van der Waals surface area contributed by atoms with E-state index in [9.17, 15) is 54.3 Å². The maximum Gasteiger partial charge on any atom is 1.00 e. The summed E-state index contributed by atoms with van der Waals surface area (Å²) in [5.41, 5.74) is -2.03. The van der Waals surface area contributed by atoms with Gasteiger partial charge in [0.15, 0.2) is 0 Å². The number of ether oxygens (including phenoxy) is 2. The second-order valence-electron chi connectivity index (χ2n) is 7.84. The quantitative estimate of drug-likeness (QED) is 0.0964. The van der Waals surface area contributed by atoms with Gasteiger partial charge in [-0.3, -0.25) is 18.9 Å². The van der Waals surface area contributed by atoms with Crippen molar-refractivity contribution in [2.45, 2.75) is 61.2 Å². The average Bonchev–Trinajstić information content (AvgIpc) is 3.04. The van der Waals surface area contributed by atoms with Crippen LogP contribution in [0.4, 0.5) is 0 Å². The van der Waals surface area contributed by atoms with Gasteiger partial charge in [-0.05, 0) is 0 Å². The summed E-state index contributed by atoms with van der Waals surface area (Å²) in [7, 11) is -11.5. The minimum Gasteiger partial charge on any atom is -0.851 e. The molecule has 0 spiro atoms. The summed E-state index contributed by atoms with van der Waals surface area (Å²) < 4.78 is 42.6. The Morgan fingerprint density at radius 2 is 1.61 bits per heavy atom. The van der Waals surface area contributed by atoms with Crippen molar-refractivity contribution in [1.82, 2.24) is 9.55 Å². The van der Waals surface area contributed by atoms with Crippen molar-refractivity contribution in [3.63, 3.8) is 0 Å². The van der Waals surface area contributed by atoms with Gasteiger partial charge in [-0.25, -0.2) is 13.9 Å². The smallest absolute Gasteiger partial charge is 0.851 e. The summed E-state index contributed by atoms with van der Waals surface area (Å²) >= 11 is 0. The summed E-state index contributed by atoms with van der Waals surface area (Å²) in [4.78, 5) is 52.7. The van der Waals surface area contributed by atoms with Crippen molar-refractivity contribution < 1.29 is 176 Å². The van der Waals surface area contributed by atoms with E-state index in [-0.39, 0.29) is 103 Å². The second-order valence-corrected chi connectivity index (χ2v) is 10.6. The fourth-order valence-corrected chi connectivity index (χ4v) is 5.57. The van der Waals surface area contributed by atoms with Crippen LogP contribution in [0.1, 0.15) is 6.23 Å². The molecule has 0 aromatic carbocycles. The third kappa shape index (κ3) is 8.95. The van der Waals surface area contributed by atoms with E-state index in [1.54, 1.807) is 0 Å². The van der Waals surface area contributed by atoms with Crippen LogP contribution in [0, 0.1) is 0 Å². The number of phosphoric acid groups is 2. The van der Waals surface area contributed by atoms with Crippen LogP contribution in [-0.2, 0) is 27.4 Å². The van der Waals surface area contributed by atoms with E-state index in [0.717, 1.165) is 12.3 Å². The summed E-state index contributed by atoms with van der Waals surface area (Å²) in [5, 5.41) is 65.3. The number of aliphatic hydroxyl groups is 4. The van der Waals surface area contributed by atoms with Crippen molar-refractivity contribution in [1.29, 1.82) is 0 Å². The molecule has 3 rings (SSSR count). The number of aromatic nitrogens is 2. The Morgan fingerprint density at radius 1 is 1.00 bits per heavy atom. The van der Waals surface area contributed by atoms with Crippen LogP contribution in [0.3, 0.4) is 0 Å². The standard InChI is InChI=1S/C15H22N2O17P2.2K/c18-3-4-6(20)7(21)8(22)11(31-4)13(33-36(29,30)34-35(26,27)28)12-9(23)10(24)14(32-12)17-2-1-5(19)16-15(17)25;;/h1-2,4,6-14,18,20-22H,3H2,(H,29,30)(H,16,19,25)(H2,26,27,28);;/q-2;2*+1/t4-,6+,7+,8-,9+,10-,11+,12+,13?,14-;;/m1../s1. The van der Waals surface area contributed by atoms with E-state index in [1.165, 1.54) is 0 Å². The molecule has 23 heteroatoms. The Balaban J connectivity index is 0.00000361. The third-order valence-corrected chi connectivity index (χ3v) is 7.58. The van der Waals surface area contributed by atoms with Gasteiger partial charge in [-0.15, -0.1) is 6.10 Å². The van der Waals surface area contributed by atoms with Gasteiger partial charge in [0.1, 0.15) is 42.9 Å². The van der Waals surface area contributed by atoms with Gasteiger partial charge in [-0.2, -0.15) is 4.31 Å². The number of rotatable bonds is 8. The zero-order valence-corrected chi connectivity index (χ0v) is 27.7. The molecule has 0 aliphatic carbocycles. The largest absolute Gasteiger partial charge is 1.00 e. The van der Waals surface area contributed by atoms with E-state index in [2.05, 4.69) is 8.83 Å². The predicted molar refractivity (Wildman–Crippen MR) is 104 cm³/mol. The van der Waals surface area contributed by atoms with Crippen molar-refractivity contribution in [3.05, 3.63) is 33.1 Å². The topological polar surface area (TPSA) is 314 Å². The predicted octanol–water partition coefficient (Wildman–Crippen LogP) is -12.7. The molecule has 0 bridgehead atoms. The van der Waals surface area contributed by atoms with Gasteiger partial charge in [0.05, 0.1) is 12.7 Å². The van der Waals surface area contributed by atoms with E-state index in [1.807, 2.05) is 4.98 Å². The molecule has 1 aromatic rings. The van der Waals surface area contributed by atoms with Gasteiger partial charge in [-0.1, -0.05) is 6.10 Å². The van der Waals surface area contributed by atoms with Crippen LogP contribution >= 0.6 is 15.6 Å². The molecule has 11 atom stereocenters. The zero-order chi connectivity index (χ0) is 27.2. The summed E-state index contributed by atoms with van der Waals surface area (Å²) in [6.45, 7) is -0.990. The minimum absolute atomic E-state index is 0. The maximum absolute atomic E-state index is 12.8. The Labute approximate surface area is 297 Å². The fourth-order valence-electron chi connectivity index (χ4n) is 3.80. The van der Waals surface area contributed by atoms with E-state index >= 15 is 0 Å². The summed E-state index contributed by atoms with van der Waals surface area (Å²) in [6.07, 6.45) is -20.7. The van der Waals surface area contributed by atoms with E-state index in [4.69, 9.17) is 19.3 Å². The summed E-state index contributed by atoms with van der Waals surface area (Å²) in [6, 6.07) is 0.811. The molecule has 206 valence electrons. The first-order valence-electron chi connectivity index (χ1n) is 9.93. The molecular weight excluding hydrogens is 620 g/mol. The van der Waals surface area contributed by atoms with Crippen molar-refractivity contribution in [2.75, 3.05) is 6.61 Å². The number of nitrogens with one attached hydrogen (secondary N) is 1. The maximum atomic E-state index is 12.8. The number of hydrogen-bond donors (Lipinski definition) is 8. The molecule has 1 aromatic heterocycles. The van der Waals surface area contributed by atoms with Gasteiger partial charge >= 0.3 is 124 Å². The van der Waals surface area contributed by atoms with Crippen LogP contribution in [0.25, 0.3) is 0 Å². The Bertz CT molecular complexity index is 1140. The molecule has 8 N–H and O–H groups in total. The van der Waals surface area contributed by atoms with Gasteiger partial charge in [0.2, 0.25) is 0 Å². The zero-order valence-electron chi connectivity index (χ0n) is 19.7. The SMILES string of the molecule is O=c1ccn([C@@H]2O[C@H](C(OP(=O)(O)OP(=O)(O)O)[C@H]3O[C@H](CO)[C@H](O)[C@H](O)[C@H]3O)[C@@H]([O-])[C@H]2[O-])c(=O)[nH]1.[K+].[K+].